The molecule has 2 aromatic carbocycles. The molecule has 0 saturated heterocycles. The summed E-state index contributed by atoms with van der Waals surface area (Å²) >= 11 is 0. The van der Waals surface area contributed by atoms with Crippen LogP contribution in [0.4, 0.5) is 0 Å². The lowest BCUT2D eigenvalue weighted by Crippen LogP contribution is -1.88. The molecule has 0 amide bonds. The maximum absolute atomic E-state index is 9.79. The molecule has 34 heavy (non-hydrogen) atoms. The second kappa shape index (κ2) is 15.3. The lowest BCUT2D eigenvalue weighted by Gasteiger charge is -2.07. The normalized spacial score (nSPS) is 11.5. The number of unbranched alkanes of at least 4 members (excludes halogenated alkanes) is 10. The summed E-state index contributed by atoms with van der Waals surface area (Å²) in [6.45, 7) is 3.44. The van der Waals surface area contributed by atoms with Crippen molar-refractivity contribution in [1.29, 1.82) is 0 Å². The van der Waals surface area contributed by atoms with Crippen molar-refractivity contribution in [3.05, 3.63) is 58.7 Å². The van der Waals surface area contributed by atoms with Crippen molar-refractivity contribution >= 4 is 0 Å². The maximum atomic E-state index is 9.79. The zero-order valence-corrected chi connectivity index (χ0v) is 21.2. The average molecular weight is 469 g/mol. The number of hydrogen-bond acceptors (Lipinski definition) is 4. The van der Waals surface area contributed by atoms with Gasteiger partial charge in [-0.1, -0.05) is 50.7 Å². The third-order valence-electron chi connectivity index (χ3n) is 6.66. The SMILES string of the molecule is Cc1c(O)cc(CCCCCCCC=CCCCCCCCc2cc(O)c(C)c(O)c2)cc1O. The van der Waals surface area contributed by atoms with E-state index in [-0.39, 0.29) is 23.0 Å². The summed E-state index contributed by atoms with van der Waals surface area (Å²) in [5.41, 5.74) is 3.12. The Bertz CT molecular complexity index is 781. The topological polar surface area (TPSA) is 80.9 Å². The molecule has 0 aliphatic carbocycles. The van der Waals surface area contributed by atoms with Crippen LogP contribution in [-0.4, -0.2) is 20.4 Å². The van der Waals surface area contributed by atoms with E-state index in [0.717, 1.165) is 49.7 Å². The second-order valence-electron chi connectivity index (χ2n) is 9.60. The van der Waals surface area contributed by atoms with Crippen LogP contribution in [0.3, 0.4) is 0 Å². The number of rotatable bonds is 16. The van der Waals surface area contributed by atoms with Gasteiger partial charge in [0, 0.05) is 11.1 Å². The molecule has 0 saturated carbocycles. The number of aryl methyl sites for hydroxylation is 2. The Kier molecular flexibility index (Phi) is 12.4. The molecule has 0 unspecified atom stereocenters. The minimum absolute atomic E-state index is 0.184. The zero-order chi connectivity index (χ0) is 24.8. The summed E-state index contributed by atoms with van der Waals surface area (Å²) in [6.07, 6.45) is 20.8. The van der Waals surface area contributed by atoms with E-state index in [1.54, 1.807) is 38.1 Å². The standard InChI is InChI=1S/C30H44O4/c1-23-27(31)19-25(20-28(23)32)17-15-13-11-9-7-5-3-4-6-8-10-12-14-16-18-26-21-29(33)24(2)30(34)22-26/h3-4,19-22,31-34H,5-18H2,1-2H3. The lowest BCUT2D eigenvalue weighted by molar-refractivity contribution is 0.440. The Labute approximate surface area is 206 Å². The quantitative estimate of drug-likeness (QED) is 0.148. The molecule has 4 heteroatoms. The van der Waals surface area contributed by atoms with Crippen molar-refractivity contribution in [2.45, 2.75) is 104 Å². The third kappa shape index (κ3) is 10.1. The lowest BCUT2D eigenvalue weighted by atomic mass is 10.0. The molecule has 0 aliphatic rings. The first-order valence-corrected chi connectivity index (χ1v) is 13.1. The minimum Gasteiger partial charge on any atom is -0.508 e. The molecule has 4 nitrogen and oxygen atoms in total. The summed E-state index contributed by atoms with van der Waals surface area (Å²) in [6, 6.07) is 7.07. The van der Waals surface area contributed by atoms with Crippen molar-refractivity contribution in [2.24, 2.45) is 0 Å². The molecule has 0 spiro atoms. The molecule has 0 fully saturated rings. The molecule has 4 N–H and O–H groups in total. The highest BCUT2D eigenvalue weighted by Gasteiger charge is 2.06. The summed E-state index contributed by atoms with van der Waals surface area (Å²) in [5, 5.41) is 39.2. The number of aromatic hydroxyl groups is 4. The summed E-state index contributed by atoms with van der Waals surface area (Å²) in [5.74, 6) is 0.736. The summed E-state index contributed by atoms with van der Waals surface area (Å²) in [4.78, 5) is 0. The predicted molar refractivity (Wildman–Crippen MR) is 141 cm³/mol. The third-order valence-corrected chi connectivity index (χ3v) is 6.66. The van der Waals surface area contributed by atoms with Gasteiger partial charge in [0.25, 0.3) is 0 Å². The Balaban J connectivity index is 1.39. The van der Waals surface area contributed by atoms with Gasteiger partial charge >= 0.3 is 0 Å². The Morgan fingerprint density at radius 3 is 1.12 bits per heavy atom. The summed E-state index contributed by atoms with van der Waals surface area (Å²) < 4.78 is 0. The molecule has 0 radical (unpaired) electrons. The van der Waals surface area contributed by atoms with Gasteiger partial charge in [0.15, 0.2) is 0 Å². The van der Waals surface area contributed by atoms with Crippen LogP contribution in [-0.2, 0) is 12.8 Å². The summed E-state index contributed by atoms with van der Waals surface area (Å²) in [7, 11) is 0. The van der Waals surface area contributed by atoms with E-state index >= 15 is 0 Å². The highest BCUT2D eigenvalue weighted by molar-refractivity contribution is 5.46. The Hall–Kier alpha value is -2.62. The average Bonchev–Trinajstić information content (AvgIpc) is 2.80. The van der Waals surface area contributed by atoms with Crippen LogP contribution in [0.15, 0.2) is 36.4 Å². The zero-order valence-electron chi connectivity index (χ0n) is 21.2. The van der Waals surface area contributed by atoms with Crippen LogP contribution >= 0.6 is 0 Å². The van der Waals surface area contributed by atoms with E-state index in [0.29, 0.717) is 11.1 Å². The van der Waals surface area contributed by atoms with Gasteiger partial charge in [0.2, 0.25) is 0 Å². The molecule has 2 rings (SSSR count). The van der Waals surface area contributed by atoms with E-state index < -0.39 is 0 Å². The van der Waals surface area contributed by atoms with E-state index in [1.807, 2.05) is 0 Å². The smallest absolute Gasteiger partial charge is 0.122 e. The highest BCUT2D eigenvalue weighted by Crippen LogP contribution is 2.29. The minimum atomic E-state index is 0.184. The van der Waals surface area contributed by atoms with E-state index in [1.165, 1.54) is 51.4 Å². The molecule has 0 heterocycles. The molecule has 188 valence electrons. The van der Waals surface area contributed by atoms with Crippen LogP contribution in [0, 0.1) is 13.8 Å². The number of benzene rings is 2. The first-order chi connectivity index (χ1) is 16.4. The van der Waals surface area contributed by atoms with Gasteiger partial charge in [-0.05, 0) is 101 Å². The van der Waals surface area contributed by atoms with Crippen LogP contribution in [0.1, 0.15) is 99.3 Å². The van der Waals surface area contributed by atoms with Crippen LogP contribution in [0.2, 0.25) is 0 Å². The van der Waals surface area contributed by atoms with Gasteiger partial charge < -0.3 is 20.4 Å². The number of phenols is 4. The first-order valence-electron chi connectivity index (χ1n) is 13.1. The van der Waals surface area contributed by atoms with Crippen LogP contribution in [0.5, 0.6) is 23.0 Å². The molecule has 0 bridgehead atoms. The molecule has 0 aromatic heterocycles. The fraction of sp³-hybridized carbons (Fsp3) is 0.533. The van der Waals surface area contributed by atoms with Crippen molar-refractivity contribution in [1.82, 2.24) is 0 Å². The Morgan fingerprint density at radius 2 is 0.765 bits per heavy atom. The van der Waals surface area contributed by atoms with Gasteiger partial charge in [0.05, 0.1) is 0 Å². The van der Waals surface area contributed by atoms with Crippen molar-refractivity contribution in [3.8, 4) is 23.0 Å². The predicted octanol–water partition coefficient (Wildman–Crippen LogP) is 8.15. The molecule has 0 aliphatic heterocycles. The van der Waals surface area contributed by atoms with Gasteiger partial charge in [0.1, 0.15) is 23.0 Å². The van der Waals surface area contributed by atoms with Gasteiger partial charge in [-0.2, -0.15) is 0 Å². The molecule has 0 atom stereocenters. The van der Waals surface area contributed by atoms with E-state index in [9.17, 15) is 20.4 Å². The maximum Gasteiger partial charge on any atom is 0.122 e. The van der Waals surface area contributed by atoms with Crippen molar-refractivity contribution in [3.63, 3.8) is 0 Å². The highest BCUT2D eigenvalue weighted by atomic mass is 16.3. The Morgan fingerprint density at radius 1 is 0.471 bits per heavy atom. The molecule has 2 aromatic rings. The van der Waals surface area contributed by atoms with Crippen LogP contribution in [0.25, 0.3) is 0 Å². The number of hydrogen-bond donors (Lipinski definition) is 4. The number of allylic oxidation sites excluding steroid dienone is 2. The van der Waals surface area contributed by atoms with Crippen molar-refractivity contribution < 1.29 is 20.4 Å². The fourth-order valence-electron chi connectivity index (χ4n) is 4.25. The van der Waals surface area contributed by atoms with Crippen LogP contribution < -0.4 is 0 Å². The number of phenolic OH excluding ortho intramolecular Hbond substituents is 4. The molecular weight excluding hydrogens is 424 g/mol. The van der Waals surface area contributed by atoms with E-state index in [2.05, 4.69) is 12.2 Å². The largest absolute Gasteiger partial charge is 0.508 e. The monoisotopic (exact) mass is 468 g/mol. The van der Waals surface area contributed by atoms with Crippen molar-refractivity contribution in [2.75, 3.05) is 0 Å². The van der Waals surface area contributed by atoms with E-state index in [4.69, 9.17) is 0 Å². The van der Waals surface area contributed by atoms with Gasteiger partial charge in [-0.3, -0.25) is 0 Å². The second-order valence-corrected chi connectivity index (χ2v) is 9.60. The van der Waals surface area contributed by atoms with Gasteiger partial charge in [-0.15, -0.1) is 0 Å². The molecular formula is C30H44O4. The first kappa shape index (κ1) is 27.6. The fourth-order valence-corrected chi connectivity index (χ4v) is 4.25. The van der Waals surface area contributed by atoms with Gasteiger partial charge in [-0.25, -0.2) is 0 Å².